The summed E-state index contributed by atoms with van der Waals surface area (Å²) in [4.78, 5) is 0. The highest BCUT2D eigenvalue weighted by Gasteiger charge is 2.03. The molecule has 1 rings (SSSR count). The van der Waals surface area contributed by atoms with E-state index >= 15 is 0 Å². The van der Waals surface area contributed by atoms with Gasteiger partial charge in [0.2, 0.25) is 0 Å². The topological polar surface area (TPSA) is 26.0 Å². The van der Waals surface area contributed by atoms with Crippen molar-refractivity contribution in [3.63, 3.8) is 0 Å². The van der Waals surface area contributed by atoms with Crippen molar-refractivity contribution in [1.82, 2.24) is 0 Å². The minimum Gasteiger partial charge on any atom is -0.398 e. The van der Waals surface area contributed by atoms with Crippen LogP contribution in [-0.4, -0.2) is 0 Å². The van der Waals surface area contributed by atoms with Crippen LogP contribution in [0.4, 0.5) is 5.69 Å². The van der Waals surface area contributed by atoms with Crippen molar-refractivity contribution in [2.24, 2.45) is 0 Å². The van der Waals surface area contributed by atoms with Crippen molar-refractivity contribution in [1.29, 1.82) is 0 Å². The summed E-state index contributed by atoms with van der Waals surface area (Å²) in [5.74, 6) is 0. The monoisotopic (exact) mass is 253 g/mol. The molecule has 1 nitrogen and oxygen atoms in total. The van der Waals surface area contributed by atoms with Crippen LogP contribution in [-0.2, 0) is 6.42 Å². The first kappa shape index (κ1) is 11.3. The van der Waals surface area contributed by atoms with Crippen LogP contribution >= 0.6 is 15.9 Å². The van der Waals surface area contributed by atoms with Crippen LogP contribution in [0.5, 0.6) is 0 Å². The van der Waals surface area contributed by atoms with Crippen molar-refractivity contribution in [2.45, 2.75) is 26.7 Å². The first-order valence-electron chi connectivity index (χ1n) is 4.81. The fraction of sp³-hybridized carbons (Fsp3) is 0.333. The third-order valence-electron chi connectivity index (χ3n) is 2.36. The number of allylic oxidation sites excluding steroid dienone is 2. The second-order valence-electron chi connectivity index (χ2n) is 3.35. The Hall–Kier alpha value is -0.760. The predicted octanol–water partition coefficient (Wildman–Crippen LogP) is 3.85. The van der Waals surface area contributed by atoms with Gasteiger partial charge in [0.25, 0.3) is 0 Å². The lowest BCUT2D eigenvalue weighted by atomic mass is 10.0. The highest BCUT2D eigenvalue weighted by Crippen LogP contribution is 2.25. The number of halogens is 1. The van der Waals surface area contributed by atoms with Gasteiger partial charge in [0.15, 0.2) is 0 Å². The first-order valence-corrected chi connectivity index (χ1v) is 5.60. The summed E-state index contributed by atoms with van der Waals surface area (Å²) in [6.45, 7) is 4.08. The van der Waals surface area contributed by atoms with Crippen molar-refractivity contribution in [3.05, 3.63) is 39.9 Å². The highest BCUT2D eigenvalue weighted by atomic mass is 79.9. The molecule has 0 bridgehead atoms. The van der Waals surface area contributed by atoms with Gasteiger partial charge >= 0.3 is 0 Å². The smallest absolute Gasteiger partial charge is 0.0387 e. The molecule has 0 saturated carbocycles. The van der Waals surface area contributed by atoms with Crippen LogP contribution in [0.3, 0.4) is 0 Å². The fourth-order valence-electron chi connectivity index (χ4n) is 1.38. The van der Waals surface area contributed by atoms with Gasteiger partial charge in [0.1, 0.15) is 0 Å². The van der Waals surface area contributed by atoms with Crippen molar-refractivity contribution >= 4 is 21.6 Å². The van der Waals surface area contributed by atoms with Gasteiger partial charge < -0.3 is 5.73 Å². The summed E-state index contributed by atoms with van der Waals surface area (Å²) in [6, 6.07) is 4.16. The van der Waals surface area contributed by atoms with E-state index < -0.39 is 0 Å². The molecule has 0 heterocycles. The molecule has 0 atom stereocenters. The average molecular weight is 254 g/mol. The van der Waals surface area contributed by atoms with Gasteiger partial charge in [0.05, 0.1) is 0 Å². The zero-order chi connectivity index (χ0) is 10.6. The lowest BCUT2D eigenvalue weighted by Crippen LogP contribution is -1.97. The second kappa shape index (κ2) is 5.20. The maximum atomic E-state index is 6.01. The van der Waals surface area contributed by atoms with Crippen molar-refractivity contribution in [2.75, 3.05) is 5.73 Å². The molecule has 0 aliphatic carbocycles. The van der Waals surface area contributed by atoms with Gasteiger partial charge in [-0.1, -0.05) is 34.1 Å². The van der Waals surface area contributed by atoms with Crippen molar-refractivity contribution in [3.8, 4) is 0 Å². The van der Waals surface area contributed by atoms with E-state index in [1.54, 1.807) is 0 Å². The summed E-state index contributed by atoms with van der Waals surface area (Å²) in [7, 11) is 0. The summed E-state index contributed by atoms with van der Waals surface area (Å²) < 4.78 is 1.09. The Balaban J connectivity index is 2.83. The maximum absolute atomic E-state index is 6.01. The molecule has 2 heteroatoms. The molecule has 0 fully saturated rings. The molecular formula is C12H16BrN. The Morgan fingerprint density at radius 3 is 2.79 bits per heavy atom. The summed E-state index contributed by atoms with van der Waals surface area (Å²) in [6.07, 6.45) is 6.31. The minimum atomic E-state index is 0.920. The average Bonchev–Trinajstić information content (AvgIpc) is 2.18. The van der Waals surface area contributed by atoms with Gasteiger partial charge in [-0.15, -0.1) is 0 Å². The molecule has 0 aromatic heterocycles. The number of benzene rings is 1. The summed E-state index contributed by atoms with van der Waals surface area (Å²) >= 11 is 3.47. The first-order chi connectivity index (χ1) is 6.66. The molecule has 2 N–H and O–H groups in total. The Morgan fingerprint density at radius 2 is 2.14 bits per heavy atom. The second-order valence-corrected chi connectivity index (χ2v) is 4.21. The molecule has 1 aromatic rings. The molecule has 0 aliphatic heterocycles. The van der Waals surface area contributed by atoms with Crippen molar-refractivity contribution < 1.29 is 0 Å². The van der Waals surface area contributed by atoms with E-state index in [-0.39, 0.29) is 0 Å². The largest absolute Gasteiger partial charge is 0.398 e. The Bertz CT molecular complexity index is 342. The zero-order valence-corrected chi connectivity index (χ0v) is 10.3. The highest BCUT2D eigenvalue weighted by molar-refractivity contribution is 9.10. The normalized spacial score (nSPS) is 11.1. The molecule has 0 saturated heterocycles. The summed E-state index contributed by atoms with van der Waals surface area (Å²) in [5.41, 5.74) is 9.31. The minimum absolute atomic E-state index is 0.920. The SMILES string of the molecule is C/C=C/CCc1ccc(Br)c(C)c1N. The lowest BCUT2D eigenvalue weighted by molar-refractivity contribution is 0.999. The molecule has 0 unspecified atom stereocenters. The number of nitrogens with two attached hydrogens (primary N) is 1. The quantitative estimate of drug-likeness (QED) is 0.643. The van der Waals surface area contributed by atoms with E-state index in [0.29, 0.717) is 0 Å². The summed E-state index contributed by atoms with van der Waals surface area (Å²) in [5, 5.41) is 0. The van der Waals surface area contributed by atoms with Gasteiger partial charge in [-0.25, -0.2) is 0 Å². The van der Waals surface area contributed by atoms with E-state index in [9.17, 15) is 0 Å². The number of hydrogen-bond donors (Lipinski definition) is 1. The number of aryl methyl sites for hydroxylation is 1. The molecule has 76 valence electrons. The lowest BCUT2D eigenvalue weighted by Gasteiger charge is -2.08. The molecule has 1 aromatic carbocycles. The van der Waals surface area contributed by atoms with Crippen LogP contribution < -0.4 is 5.73 Å². The number of anilines is 1. The standard InChI is InChI=1S/C12H16BrN/c1-3-4-5-6-10-7-8-11(13)9(2)12(10)14/h3-4,7-8H,5-6,14H2,1-2H3/b4-3+. The Labute approximate surface area is 94.1 Å². The van der Waals surface area contributed by atoms with Crippen LogP contribution in [0.15, 0.2) is 28.8 Å². The van der Waals surface area contributed by atoms with Crippen LogP contribution in [0, 0.1) is 6.92 Å². The number of nitrogen functional groups attached to an aromatic ring is 1. The van der Waals surface area contributed by atoms with E-state index in [1.165, 1.54) is 5.56 Å². The molecule has 0 spiro atoms. The molecule has 0 amide bonds. The molecule has 14 heavy (non-hydrogen) atoms. The van der Waals surface area contributed by atoms with Gasteiger partial charge in [-0.05, 0) is 43.9 Å². The van der Waals surface area contributed by atoms with Crippen LogP contribution in [0.1, 0.15) is 24.5 Å². The van der Waals surface area contributed by atoms with E-state index in [0.717, 1.165) is 28.6 Å². The van der Waals surface area contributed by atoms with Gasteiger partial charge in [0, 0.05) is 10.2 Å². The van der Waals surface area contributed by atoms with E-state index in [2.05, 4.69) is 40.2 Å². The number of hydrogen-bond acceptors (Lipinski definition) is 1. The van der Waals surface area contributed by atoms with Gasteiger partial charge in [-0.2, -0.15) is 0 Å². The molecular weight excluding hydrogens is 238 g/mol. The van der Waals surface area contributed by atoms with Gasteiger partial charge in [-0.3, -0.25) is 0 Å². The third-order valence-corrected chi connectivity index (χ3v) is 3.21. The van der Waals surface area contributed by atoms with E-state index in [4.69, 9.17) is 5.73 Å². The third kappa shape index (κ3) is 2.61. The van der Waals surface area contributed by atoms with Crippen LogP contribution in [0.2, 0.25) is 0 Å². The fourth-order valence-corrected chi connectivity index (χ4v) is 1.73. The maximum Gasteiger partial charge on any atom is 0.0387 e. The number of rotatable bonds is 3. The van der Waals surface area contributed by atoms with E-state index in [1.807, 2.05) is 13.8 Å². The molecule has 0 radical (unpaired) electrons. The zero-order valence-electron chi connectivity index (χ0n) is 8.68. The molecule has 0 aliphatic rings. The predicted molar refractivity (Wildman–Crippen MR) is 66.4 cm³/mol. The Kier molecular flexibility index (Phi) is 4.21. The van der Waals surface area contributed by atoms with Crippen LogP contribution in [0.25, 0.3) is 0 Å². The Morgan fingerprint density at radius 1 is 1.43 bits per heavy atom.